The lowest BCUT2D eigenvalue weighted by molar-refractivity contribution is 0.100. The number of fused-ring (bicyclic) bond motifs is 1. The van der Waals surface area contributed by atoms with Crippen LogP contribution in [0.5, 0.6) is 11.5 Å². The predicted molar refractivity (Wildman–Crippen MR) is 173 cm³/mol. The smallest absolute Gasteiger partial charge is 0.160 e. The maximum atomic E-state index is 11.2. The standard InChI is InChI=1S/C14H12O2.C10H10O2.C9H12O2.C2H6.CH4/c1-9(15)11-3-5-14-8-12(10(2)16)4-6-13(14)7-11;1-7(11)9-3-5-10(6-4-9)8(2)12;1-7-4-5-8(10-2)9(6-7)11-3;1-2;/h3-8H,1-2H3;3-6H,1-2H3;4-6H,1-3H3;1-2H3;1H4. The molecule has 0 amide bonds. The van der Waals surface area contributed by atoms with E-state index in [0.717, 1.165) is 22.3 Å². The molecule has 0 unspecified atom stereocenters. The van der Waals surface area contributed by atoms with Crippen LogP contribution in [-0.2, 0) is 0 Å². The number of rotatable bonds is 6. The second kappa shape index (κ2) is 18.7. The summed E-state index contributed by atoms with van der Waals surface area (Å²) < 4.78 is 10.2. The van der Waals surface area contributed by atoms with Crippen molar-refractivity contribution in [3.8, 4) is 11.5 Å². The zero-order valence-electron chi connectivity index (χ0n) is 25.5. The molecule has 0 radical (unpaired) electrons. The Morgan fingerprint density at radius 3 is 1.12 bits per heavy atom. The van der Waals surface area contributed by atoms with Gasteiger partial charge in [-0.2, -0.15) is 0 Å². The van der Waals surface area contributed by atoms with Crippen molar-refractivity contribution in [2.45, 2.75) is 55.9 Å². The van der Waals surface area contributed by atoms with E-state index in [2.05, 4.69) is 0 Å². The number of benzene rings is 4. The highest BCUT2D eigenvalue weighted by molar-refractivity contribution is 6.01. The topological polar surface area (TPSA) is 86.7 Å². The fraction of sp³-hybridized carbons (Fsp3) is 0.278. The summed E-state index contributed by atoms with van der Waals surface area (Å²) in [5, 5.41) is 1.97. The summed E-state index contributed by atoms with van der Waals surface area (Å²) in [6.45, 7) is 12.1. The molecular weight excluding hydrogens is 528 g/mol. The minimum absolute atomic E-state index is 0. The van der Waals surface area contributed by atoms with Gasteiger partial charge in [0.2, 0.25) is 0 Å². The van der Waals surface area contributed by atoms with Crippen molar-refractivity contribution >= 4 is 33.9 Å². The highest BCUT2D eigenvalue weighted by Gasteiger charge is 2.04. The lowest BCUT2D eigenvalue weighted by Crippen LogP contribution is -1.95. The van der Waals surface area contributed by atoms with Crippen LogP contribution >= 0.6 is 0 Å². The molecule has 0 bridgehead atoms. The molecule has 4 aromatic carbocycles. The molecule has 224 valence electrons. The van der Waals surface area contributed by atoms with E-state index >= 15 is 0 Å². The van der Waals surface area contributed by atoms with Crippen molar-refractivity contribution in [1.29, 1.82) is 0 Å². The molecule has 0 fully saturated rings. The molecule has 0 spiro atoms. The largest absolute Gasteiger partial charge is 0.493 e. The summed E-state index contributed by atoms with van der Waals surface area (Å²) in [4.78, 5) is 44.1. The van der Waals surface area contributed by atoms with Crippen LogP contribution in [0.1, 0.15) is 96.0 Å². The summed E-state index contributed by atoms with van der Waals surface area (Å²) in [5.74, 6) is 1.70. The second-order valence-electron chi connectivity index (χ2n) is 8.94. The number of carbonyl (C=O) groups excluding carboxylic acids is 4. The molecule has 0 saturated carbocycles. The van der Waals surface area contributed by atoms with Crippen molar-refractivity contribution in [1.82, 2.24) is 0 Å². The van der Waals surface area contributed by atoms with Crippen LogP contribution in [0.2, 0.25) is 0 Å². The monoisotopic (exact) mass is 572 g/mol. The second-order valence-corrected chi connectivity index (χ2v) is 8.94. The third-order valence-electron chi connectivity index (χ3n) is 5.89. The van der Waals surface area contributed by atoms with Gasteiger partial charge in [-0.05, 0) is 75.2 Å². The van der Waals surface area contributed by atoms with Crippen LogP contribution < -0.4 is 9.47 Å². The van der Waals surface area contributed by atoms with Crippen LogP contribution in [0.4, 0.5) is 0 Å². The number of ether oxygens (including phenoxy) is 2. The van der Waals surface area contributed by atoms with Gasteiger partial charge in [0.25, 0.3) is 0 Å². The van der Waals surface area contributed by atoms with Crippen LogP contribution in [0.3, 0.4) is 0 Å². The van der Waals surface area contributed by atoms with Gasteiger partial charge in [0.1, 0.15) is 0 Å². The minimum Gasteiger partial charge on any atom is -0.493 e. The fourth-order valence-electron chi connectivity index (χ4n) is 3.57. The average Bonchev–Trinajstić information content (AvgIpc) is 2.98. The molecule has 6 nitrogen and oxygen atoms in total. The van der Waals surface area contributed by atoms with E-state index < -0.39 is 0 Å². The molecule has 0 N–H and O–H groups in total. The third kappa shape index (κ3) is 11.5. The quantitative estimate of drug-likeness (QED) is 0.214. The number of hydrogen-bond donors (Lipinski definition) is 0. The van der Waals surface area contributed by atoms with E-state index in [-0.39, 0.29) is 30.6 Å². The Kier molecular flexibility index (Phi) is 16.7. The highest BCUT2D eigenvalue weighted by atomic mass is 16.5. The van der Waals surface area contributed by atoms with Gasteiger partial charge in [0, 0.05) is 22.3 Å². The molecule has 0 aliphatic heterocycles. The summed E-state index contributed by atoms with van der Waals surface area (Å²) in [6.07, 6.45) is 0. The maximum Gasteiger partial charge on any atom is 0.160 e. The Morgan fingerprint density at radius 2 is 0.810 bits per heavy atom. The zero-order chi connectivity index (χ0) is 31.1. The van der Waals surface area contributed by atoms with Gasteiger partial charge in [-0.3, -0.25) is 19.2 Å². The lowest BCUT2D eigenvalue weighted by Gasteiger charge is -2.06. The number of methoxy groups -OCH3 is 2. The Bertz CT molecular complexity index is 1400. The molecule has 6 heteroatoms. The van der Waals surface area contributed by atoms with Gasteiger partial charge in [-0.25, -0.2) is 0 Å². The molecule has 0 saturated heterocycles. The molecule has 0 aliphatic rings. The predicted octanol–water partition coefficient (Wildman–Crippen LogP) is 9.01. The van der Waals surface area contributed by atoms with Gasteiger partial charge >= 0.3 is 0 Å². The fourth-order valence-corrected chi connectivity index (χ4v) is 3.57. The molecule has 0 aromatic heterocycles. The minimum atomic E-state index is 0. The number of aryl methyl sites for hydroxylation is 1. The van der Waals surface area contributed by atoms with Crippen LogP contribution in [0, 0.1) is 6.92 Å². The first kappa shape index (κ1) is 37.4. The van der Waals surface area contributed by atoms with Crippen molar-refractivity contribution in [2.75, 3.05) is 14.2 Å². The Hall–Kier alpha value is -4.58. The lowest BCUT2D eigenvalue weighted by atomic mass is 10.0. The highest BCUT2D eigenvalue weighted by Crippen LogP contribution is 2.26. The normalized spacial score (nSPS) is 9.26. The molecule has 0 heterocycles. The first-order chi connectivity index (χ1) is 19.5. The van der Waals surface area contributed by atoms with Crippen molar-refractivity contribution < 1.29 is 28.7 Å². The van der Waals surface area contributed by atoms with Gasteiger partial charge in [0.15, 0.2) is 34.6 Å². The molecule has 0 aliphatic carbocycles. The number of hydrogen-bond acceptors (Lipinski definition) is 6. The van der Waals surface area contributed by atoms with Gasteiger partial charge in [0.05, 0.1) is 14.2 Å². The van der Waals surface area contributed by atoms with E-state index in [4.69, 9.17) is 9.47 Å². The first-order valence-electron chi connectivity index (χ1n) is 13.3. The number of ketones is 4. The first-order valence-corrected chi connectivity index (χ1v) is 13.3. The van der Waals surface area contributed by atoms with Gasteiger partial charge in [-0.15, -0.1) is 0 Å². The third-order valence-corrected chi connectivity index (χ3v) is 5.89. The molecular formula is C36H44O6. The Labute approximate surface area is 250 Å². The van der Waals surface area contributed by atoms with E-state index in [1.165, 1.54) is 19.4 Å². The van der Waals surface area contributed by atoms with Crippen LogP contribution in [0.15, 0.2) is 78.9 Å². The molecule has 0 atom stereocenters. The van der Waals surface area contributed by atoms with Crippen molar-refractivity contribution in [3.05, 3.63) is 107 Å². The summed E-state index contributed by atoms with van der Waals surface area (Å²) in [5.41, 5.74) is 3.84. The molecule has 4 rings (SSSR count). The Balaban J connectivity index is 0.000000588. The summed E-state index contributed by atoms with van der Waals surface area (Å²) in [6, 6.07) is 23.5. The van der Waals surface area contributed by atoms with Crippen molar-refractivity contribution in [3.63, 3.8) is 0 Å². The van der Waals surface area contributed by atoms with Gasteiger partial charge < -0.3 is 9.47 Å². The van der Waals surface area contributed by atoms with E-state index in [1.807, 2.05) is 63.2 Å². The summed E-state index contributed by atoms with van der Waals surface area (Å²) in [7, 11) is 3.27. The summed E-state index contributed by atoms with van der Waals surface area (Å²) >= 11 is 0. The van der Waals surface area contributed by atoms with Crippen molar-refractivity contribution in [2.24, 2.45) is 0 Å². The number of Topliss-reactive ketones (excluding diaryl/α,β-unsaturated/α-hetero) is 4. The SMILES string of the molecule is C.CC.CC(=O)c1ccc(C(C)=O)cc1.CC(=O)c1ccc2cc(C(C)=O)ccc2c1.COc1ccc(C)cc1OC. The number of carbonyl (C=O) groups is 4. The molecule has 42 heavy (non-hydrogen) atoms. The zero-order valence-corrected chi connectivity index (χ0v) is 25.5. The molecule has 4 aromatic rings. The van der Waals surface area contributed by atoms with Gasteiger partial charge in [-0.1, -0.05) is 75.9 Å². The van der Waals surface area contributed by atoms with E-state index in [1.54, 1.807) is 64.5 Å². The van der Waals surface area contributed by atoms with Crippen LogP contribution in [-0.4, -0.2) is 37.4 Å². The average molecular weight is 573 g/mol. The van der Waals surface area contributed by atoms with E-state index in [9.17, 15) is 19.2 Å². The maximum absolute atomic E-state index is 11.2. The van der Waals surface area contributed by atoms with Crippen LogP contribution in [0.25, 0.3) is 10.8 Å². The Morgan fingerprint density at radius 1 is 0.476 bits per heavy atom. The van der Waals surface area contributed by atoms with E-state index in [0.29, 0.717) is 22.3 Å².